The van der Waals surface area contributed by atoms with Crippen LogP contribution in [0, 0.1) is 0 Å². The number of rotatable bonds is 10. The Kier molecular flexibility index (Phi) is 8.21. The highest BCUT2D eigenvalue weighted by Crippen LogP contribution is 2.32. The minimum Gasteiger partial charge on any atom is -0.493 e. The number of nitrogens with one attached hydrogen (secondary N) is 1. The van der Waals surface area contributed by atoms with E-state index in [0.29, 0.717) is 19.6 Å². The molecule has 1 fully saturated rings. The van der Waals surface area contributed by atoms with E-state index in [2.05, 4.69) is 30.1 Å². The number of para-hydroxylation sites is 1. The van der Waals surface area contributed by atoms with E-state index in [1.807, 2.05) is 42.6 Å². The largest absolute Gasteiger partial charge is 0.493 e. The molecule has 2 aromatic heterocycles. The number of thiazole rings is 1. The van der Waals surface area contributed by atoms with E-state index in [1.54, 1.807) is 12.4 Å². The normalized spacial score (nSPS) is 14.3. The van der Waals surface area contributed by atoms with Crippen molar-refractivity contribution in [1.82, 2.24) is 25.2 Å². The third kappa shape index (κ3) is 6.49. The number of aromatic nitrogens is 3. The quantitative estimate of drug-likeness (QED) is 0.460. The summed E-state index contributed by atoms with van der Waals surface area (Å²) in [6.07, 6.45) is 4.79. The fourth-order valence-corrected chi connectivity index (χ4v) is 4.67. The highest BCUT2D eigenvalue weighted by atomic mass is 32.1. The van der Waals surface area contributed by atoms with Gasteiger partial charge < -0.3 is 15.0 Å². The topological polar surface area (TPSA) is 83.5 Å². The Hall–Kier alpha value is -3.04. The van der Waals surface area contributed by atoms with E-state index in [-0.39, 0.29) is 5.91 Å². The predicted octanol–water partition coefficient (Wildman–Crippen LogP) is 2.87. The zero-order valence-corrected chi connectivity index (χ0v) is 19.8. The Balaban J connectivity index is 1.16. The number of benzene rings is 1. The number of carbonyl (C=O) groups excluding carboxylic acids is 1. The van der Waals surface area contributed by atoms with Crippen molar-refractivity contribution >= 4 is 23.2 Å². The van der Waals surface area contributed by atoms with Gasteiger partial charge in [-0.1, -0.05) is 12.1 Å². The van der Waals surface area contributed by atoms with Gasteiger partial charge in [0.05, 0.1) is 24.3 Å². The molecule has 3 aromatic rings. The minimum absolute atomic E-state index is 0.0102. The number of amides is 1. The van der Waals surface area contributed by atoms with Crippen molar-refractivity contribution in [2.75, 3.05) is 50.8 Å². The molecule has 33 heavy (non-hydrogen) atoms. The first-order chi connectivity index (χ1) is 16.2. The molecule has 0 spiro atoms. The molecule has 1 aliphatic heterocycles. The second kappa shape index (κ2) is 11.7. The minimum atomic E-state index is 0.0102. The summed E-state index contributed by atoms with van der Waals surface area (Å²) in [6, 6.07) is 9.71. The molecule has 1 aromatic carbocycles. The first kappa shape index (κ1) is 23.1. The summed E-state index contributed by atoms with van der Waals surface area (Å²) in [5.74, 6) is 1.63. The lowest BCUT2D eigenvalue weighted by atomic mass is 10.2. The molecule has 174 valence electrons. The Bertz CT molecular complexity index is 1020. The van der Waals surface area contributed by atoms with Crippen LogP contribution in [-0.4, -0.2) is 71.6 Å². The van der Waals surface area contributed by atoms with Crippen molar-refractivity contribution in [3.05, 3.63) is 53.8 Å². The molecule has 0 saturated carbocycles. The molecule has 1 N–H and O–H groups in total. The van der Waals surface area contributed by atoms with E-state index in [0.717, 1.165) is 67.1 Å². The predicted molar refractivity (Wildman–Crippen MR) is 131 cm³/mol. The van der Waals surface area contributed by atoms with Crippen LogP contribution in [0.4, 0.5) is 5.95 Å². The fraction of sp³-hybridized carbons (Fsp3) is 0.417. The molecular weight excluding hydrogens is 436 g/mol. The second-order valence-corrected chi connectivity index (χ2v) is 8.69. The maximum Gasteiger partial charge on any atom is 0.226 e. The summed E-state index contributed by atoms with van der Waals surface area (Å²) in [7, 11) is 0. The lowest BCUT2D eigenvalue weighted by Gasteiger charge is -2.34. The highest BCUT2D eigenvalue weighted by molar-refractivity contribution is 7.13. The molecule has 3 heterocycles. The zero-order chi connectivity index (χ0) is 22.9. The molecule has 0 bridgehead atoms. The van der Waals surface area contributed by atoms with Crippen LogP contribution in [0.3, 0.4) is 0 Å². The molecule has 4 rings (SSSR count). The van der Waals surface area contributed by atoms with Gasteiger partial charge in [0.25, 0.3) is 0 Å². The molecule has 9 heteroatoms. The lowest BCUT2D eigenvalue weighted by Crippen LogP contribution is -2.47. The SMILES string of the molecule is CCOc1ccccc1-c1nc(CC(=O)NCCCN2CCN(c3ncccn3)CC2)cs1. The van der Waals surface area contributed by atoms with Gasteiger partial charge in [-0.25, -0.2) is 15.0 Å². The van der Waals surface area contributed by atoms with Crippen molar-refractivity contribution in [2.45, 2.75) is 19.8 Å². The van der Waals surface area contributed by atoms with Gasteiger partial charge in [-0.15, -0.1) is 11.3 Å². The third-order valence-electron chi connectivity index (χ3n) is 5.49. The van der Waals surface area contributed by atoms with Crippen molar-refractivity contribution < 1.29 is 9.53 Å². The number of nitrogens with zero attached hydrogens (tertiary/aromatic N) is 5. The molecule has 0 atom stereocenters. The van der Waals surface area contributed by atoms with E-state index in [4.69, 9.17) is 4.74 Å². The van der Waals surface area contributed by atoms with Gasteiger partial charge in [0.2, 0.25) is 11.9 Å². The average Bonchev–Trinajstić information content (AvgIpc) is 3.31. The molecule has 0 unspecified atom stereocenters. The molecule has 0 radical (unpaired) electrons. The van der Waals surface area contributed by atoms with Crippen molar-refractivity contribution in [1.29, 1.82) is 0 Å². The Morgan fingerprint density at radius 2 is 1.91 bits per heavy atom. The number of ether oxygens (including phenoxy) is 1. The van der Waals surface area contributed by atoms with Crippen LogP contribution < -0.4 is 15.0 Å². The second-order valence-electron chi connectivity index (χ2n) is 7.83. The maximum atomic E-state index is 12.4. The van der Waals surface area contributed by atoms with Gasteiger partial charge in [0, 0.05) is 50.5 Å². The van der Waals surface area contributed by atoms with Crippen LogP contribution in [0.5, 0.6) is 5.75 Å². The van der Waals surface area contributed by atoms with Crippen LogP contribution in [0.2, 0.25) is 0 Å². The molecular formula is C24H30N6O2S. The van der Waals surface area contributed by atoms with Crippen LogP contribution in [0.15, 0.2) is 48.1 Å². The van der Waals surface area contributed by atoms with Gasteiger partial charge in [-0.2, -0.15) is 0 Å². The summed E-state index contributed by atoms with van der Waals surface area (Å²) >= 11 is 1.54. The van der Waals surface area contributed by atoms with Crippen LogP contribution >= 0.6 is 11.3 Å². The molecule has 1 saturated heterocycles. The summed E-state index contributed by atoms with van der Waals surface area (Å²) in [5, 5.41) is 5.86. The zero-order valence-electron chi connectivity index (χ0n) is 18.9. The number of carbonyl (C=O) groups is 1. The maximum absolute atomic E-state index is 12.4. The number of piperazine rings is 1. The van der Waals surface area contributed by atoms with Gasteiger partial charge in [0.15, 0.2) is 0 Å². The smallest absolute Gasteiger partial charge is 0.226 e. The van der Waals surface area contributed by atoms with E-state index in [1.165, 1.54) is 11.3 Å². The van der Waals surface area contributed by atoms with Crippen LogP contribution in [0.25, 0.3) is 10.6 Å². The third-order valence-corrected chi connectivity index (χ3v) is 6.42. The van der Waals surface area contributed by atoms with Gasteiger partial charge in [-0.3, -0.25) is 9.69 Å². The molecule has 1 amide bonds. The number of anilines is 1. The van der Waals surface area contributed by atoms with Crippen molar-refractivity contribution in [2.24, 2.45) is 0 Å². The molecule has 8 nitrogen and oxygen atoms in total. The highest BCUT2D eigenvalue weighted by Gasteiger charge is 2.18. The van der Waals surface area contributed by atoms with Crippen LogP contribution in [-0.2, 0) is 11.2 Å². The van der Waals surface area contributed by atoms with E-state index >= 15 is 0 Å². The van der Waals surface area contributed by atoms with Gasteiger partial charge in [0.1, 0.15) is 10.8 Å². The summed E-state index contributed by atoms with van der Waals surface area (Å²) in [6.45, 7) is 8.03. The van der Waals surface area contributed by atoms with Crippen LogP contribution in [0.1, 0.15) is 19.0 Å². The van der Waals surface area contributed by atoms with E-state index in [9.17, 15) is 4.79 Å². The standard InChI is InChI=1S/C24H30N6O2S/c1-2-32-21-8-4-3-7-20(21)23-28-19(18-33-23)17-22(31)25-11-6-12-29-13-15-30(16-14-29)24-26-9-5-10-27-24/h3-5,7-10,18H,2,6,11-17H2,1H3,(H,25,31). The summed E-state index contributed by atoms with van der Waals surface area (Å²) < 4.78 is 5.70. The van der Waals surface area contributed by atoms with Crippen molar-refractivity contribution in [3.8, 4) is 16.3 Å². The summed E-state index contributed by atoms with van der Waals surface area (Å²) in [4.78, 5) is 30.3. The summed E-state index contributed by atoms with van der Waals surface area (Å²) in [5.41, 5.74) is 1.76. The first-order valence-electron chi connectivity index (χ1n) is 11.4. The lowest BCUT2D eigenvalue weighted by molar-refractivity contribution is -0.120. The molecule has 1 aliphatic rings. The average molecular weight is 467 g/mol. The Labute approximate surface area is 198 Å². The van der Waals surface area contributed by atoms with Crippen molar-refractivity contribution in [3.63, 3.8) is 0 Å². The van der Waals surface area contributed by atoms with Gasteiger partial charge >= 0.3 is 0 Å². The molecule has 0 aliphatic carbocycles. The fourth-order valence-electron chi connectivity index (χ4n) is 3.82. The van der Waals surface area contributed by atoms with E-state index < -0.39 is 0 Å². The number of hydrogen-bond donors (Lipinski definition) is 1. The first-order valence-corrected chi connectivity index (χ1v) is 12.3. The number of hydrogen-bond acceptors (Lipinski definition) is 8. The Morgan fingerprint density at radius 1 is 1.12 bits per heavy atom. The van der Waals surface area contributed by atoms with Gasteiger partial charge in [-0.05, 0) is 38.1 Å². The monoisotopic (exact) mass is 466 g/mol. The Morgan fingerprint density at radius 3 is 2.70 bits per heavy atom.